The molecule has 2 atom stereocenters. The van der Waals surface area contributed by atoms with Crippen LogP contribution in [0.5, 0.6) is 0 Å². The van der Waals surface area contributed by atoms with Crippen molar-refractivity contribution in [1.29, 1.82) is 0 Å². The maximum atomic E-state index is 12.6. The highest BCUT2D eigenvalue weighted by atomic mass is 32.2. The predicted molar refractivity (Wildman–Crippen MR) is 100 cm³/mol. The lowest BCUT2D eigenvalue weighted by molar-refractivity contribution is -0.142. The molecule has 1 rings (SSSR count). The number of ether oxygens (including phenoxy) is 1. The van der Waals surface area contributed by atoms with Gasteiger partial charge >= 0.3 is 28.3 Å². The quantitative estimate of drug-likeness (QED) is 0.0883. The van der Waals surface area contributed by atoms with Gasteiger partial charge in [0.15, 0.2) is 10.8 Å². The first kappa shape index (κ1) is 25.5. The van der Waals surface area contributed by atoms with Crippen LogP contribution < -0.4 is 21.5 Å². The summed E-state index contributed by atoms with van der Waals surface area (Å²) in [7, 11) is -5.02. The standard InChI is InChI=1S/C12H16N6O11S2/c13-11-15-5(3-30-11)7(17-29-2-6(19)20)9(21)16-8(10(22)23)4(1-28-12(14)24)18-31(25,26)27/h3-4,8,18H,1-2H2,(H2,13,15)(H2,14,24)(H,16,21)(H,19,20)(H,22,23)(H,25,26,27)/b17-7+/t4-,8+/m1/s1. The maximum absolute atomic E-state index is 12.6. The number of nitrogens with one attached hydrogen (secondary N) is 2. The third-order valence-corrected chi connectivity index (χ3v) is 4.26. The van der Waals surface area contributed by atoms with Gasteiger partial charge < -0.3 is 36.6 Å². The van der Waals surface area contributed by atoms with Crippen molar-refractivity contribution >= 4 is 56.4 Å². The summed E-state index contributed by atoms with van der Waals surface area (Å²) < 4.78 is 37.0. The Labute approximate surface area is 176 Å². The highest BCUT2D eigenvalue weighted by Crippen LogP contribution is 2.13. The number of hydrogen-bond acceptors (Lipinski definition) is 12. The number of rotatable bonds is 12. The molecule has 31 heavy (non-hydrogen) atoms. The number of nitrogen functional groups attached to an aromatic ring is 1. The van der Waals surface area contributed by atoms with Gasteiger partial charge in [-0.2, -0.15) is 13.1 Å². The van der Waals surface area contributed by atoms with Crippen LogP contribution in [0.3, 0.4) is 0 Å². The van der Waals surface area contributed by atoms with Crippen molar-refractivity contribution in [2.24, 2.45) is 10.9 Å². The minimum Gasteiger partial charge on any atom is -0.480 e. The second kappa shape index (κ2) is 11.0. The van der Waals surface area contributed by atoms with Gasteiger partial charge in [0, 0.05) is 5.38 Å². The normalized spacial score (nSPS) is 13.6. The monoisotopic (exact) mass is 484 g/mol. The van der Waals surface area contributed by atoms with Gasteiger partial charge in [-0.1, -0.05) is 5.16 Å². The molecule has 9 N–H and O–H groups in total. The summed E-state index contributed by atoms with van der Waals surface area (Å²) in [5.41, 5.74) is 9.28. The fourth-order valence-electron chi connectivity index (χ4n) is 1.86. The van der Waals surface area contributed by atoms with Gasteiger partial charge in [0.2, 0.25) is 6.61 Å². The SMILES string of the molecule is NC(=O)OC[C@@H](NS(=O)(=O)O)[C@H](NC(=O)/C(=N/OCC(=O)O)c1csc(N)n1)C(=O)O. The molecule has 2 amide bonds. The van der Waals surface area contributed by atoms with Crippen molar-refractivity contribution in [2.45, 2.75) is 12.1 Å². The molecular formula is C12H16N6O11S2. The van der Waals surface area contributed by atoms with E-state index in [4.69, 9.17) is 21.1 Å². The Hall–Kier alpha value is -3.55. The number of thiazole rings is 1. The van der Waals surface area contributed by atoms with Gasteiger partial charge in [-0.25, -0.2) is 19.4 Å². The third kappa shape index (κ3) is 9.20. The molecule has 0 aromatic carbocycles. The van der Waals surface area contributed by atoms with Crippen molar-refractivity contribution in [3.05, 3.63) is 11.1 Å². The lowest BCUT2D eigenvalue weighted by Gasteiger charge is -2.24. The van der Waals surface area contributed by atoms with E-state index in [9.17, 15) is 32.7 Å². The van der Waals surface area contributed by atoms with Crippen LogP contribution >= 0.6 is 11.3 Å². The van der Waals surface area contributed by atoms with Crippen molar-refractivity contribution in [3.8, 4) is 0 Å². The minimum atomic E-state index is -5.02. The number of aliphatic carboxylic acids is 2. The van der Waals surface area contributed by atoms with E-state index < -0.39 is 65.3 Å². The second-order valence-corrected chi connectivity index (χ2v) is 7.37. The zero-order valence-corrected chi connectivity index (χ0v) is 16.8. The first-order valence-electron chi connectivity index (χ1n) is 7.64. The fraction of sp³-hybridized carbons (Fsp3) is 0.333. The zero-order valence-electron chi connectivity index (χ0n) is 15.1. The van der Waals surface area contributed by atoms with Gasteiger partial charge in [-0.05, 0) is 0 Å². The van der Waals surface area contributed by atoms with E-state index in [2.05, 4.69) is 19.7 Å². The van der Waals surface area contributed by atoms with Crippen LogP contribution in [0.25, 0.3) is 0 Å². The Balaban J connectivity index is 3.21. The van der Waals surface area contributed by atoms with E-state index >= 15 is 0 Å². The lowest BCUT2D eigenvalue weighted by Crippen LogP contribution is -2.58. The lowest BCUT2D eigenvalue weighted by atomic mass is 10.1. The largest absolute Gasteiger partial charge is 0.480 e. The maximum Gasteiger partial charge on any atom is 0.404 e. The number of carbonyl (C=O) groups is 4. The predicted octanol–water partition coefficient (Wildman–Crippen LogP) is -3.04. The van der Waals surface area contributed by atoms with Gasteiger partial charge in [0.1, 0.15) is 18.3 Å². The van der Waals surface area contributed by atoms with Crippen LogP contribution in [0.4, 0.5) is 9.93 Å². The summed E-state index contributed by atoms with van der Waals surface area (Å²) >= 11 is 0.862. The number of carboxylic acid groups (broad SMARTS) is 2. The second-order valence-electron chi connectivity index (χ2n) is 5.30. The smallest absolute Gasteiger partial charge is 0.404 e. The van der Waals surface area contributed by atoms with Crippen molar-refractivity contribution in [1.82, 2.24) is 15.0 Å². The van der Waals surface area contributed by atoms with Crippen LogP contribution in [0.2, 0.25) is 0 Å². The number of oxime groups is 1. The van der Waals surface area contributed by atoms with Gasteiger partial charge in [-0.3, -0.25) is 9.35 Å². The molecule has 172 valence electrons. The summed E-state index contributed by atoms with van der Waals surface area (Å²) in [6.45, 7) is -1.96. The Morgan fingerprint density at radius 3 is 2.39 bits per heavy atom. The zero-order chi connectivity index (χ0) is 23.8. The Morgan fingerprint density at radius 1 is 1.29 bits per heavy atom. The topological polar surface area (TPSA) is 283 Å². The minimum absolute atomic E-state index is 0.0238. The summed E-state index contributed by atoms with van der Waals surface area (Å²) in [5.74, 6) is -4.58. The molecule has 1 aromatic rings. The Morgan fingerprint density at radius 2 is 1.94 bits per heavy atom. The molecule has 17 nitrogen and oxygen atoms in total. The Kier molecular flexibility index (Phi) is 9.05. The van der Waals surface area contributed by atoms with E-state index in [1.165, 1.54) is 10.1 Å². The van der Waals surface area contributed by atoms with E-state index in [-0.39, 0.29) is 10.8 Å². The van der Waals surface area contributed by atoms with Gasteiger partial charge in [0.25, 0.3) is 5.91 Å². The number of carbonyl (C=O) groups excluding carboxylic acids is 2. The number of nitrogens with zero attached hydrogens (tertiary/aromatic N) is 2. The molecule has 0 aliphatic heterocycles. The molecular weight excluding hydrogens is 468 g/mol. The summed E-state index contributed by atoms with van der Waals surface area (Å²) in [6.07, 6.45) is -1.40. The van der Waals surface area contributed by atoms with Crippen molar-refractivity contribution in [2.75, 3.05) is 18.9 Å². The van der Waals surface area contributed by atoms with E-state index in [0.717, 1.165) is 11.3 Å². The molecule has 0 saturated heterocycles. The molecule has 0 saturated carbocycles. The molecule has 0 bridgehead atoms. The van der Waals surface area contributed by atoms with Crippen LogP contribution in [0.1, 0.15) is 5.69 Å². The molecule has 19 heteroatoms. The number of aromatic nitrogens is 1. The molecule has 0 fully saturated rings. The summed E-state index contributed by atoms with van der Waals surface area (Å²) in [4.78, 5) is 53.7. The third-order valence-electron chi connectivity index (χ3n) is 2.98. The number of nitrogens with two attached hydrogens (primary N) is 2. The van der Waals surface area contributed by atoms with Crippen molar-refractivity contribution in [3.63, 3.8) is 0 Å². The highest BCUT2D eigenvalue weighted by molar-refractivity contribution is 7.83. The van der Waals surface area contributed by atoms with E-state index in [1.54, 1.807) is 0 Å². The Bertz CT molecular complexity index is 975. The highest BCUT2D eigenvalue weighted by Gasteiger charge is 2.35. The molecule has 0 aliphatic carbocycles. The average Bonchev–Trinajstić information content (AvgIpc) is 3.04. The molecule has 0 radical (unpaired) electrons. The van der Waals surface area contributed by atoms with Gasteiger partial charge in [-0.15, -0.1) is 11.3 Å². The first-order valence-corrected chi connectivity index (χ1v) is 9.96. The van der Waals surface area contributed by atoms with E-state index in [0.29, 0.717) is 0 Å². The molecule has 0 unspecified atom stereocenters. The van der Waals surface area contributed by atoms with Crippen LogP contribution in [0.15, 0.2) is 10.5 Å². The average molecular weight is 484 g/mol. The van der Waals surface area contributed by atoms with Crippen LogP contribution in [-0.2, 0) is 34.3 Å². The number of hydrogen-bond donors (Lipinski definition) is 7. The number of primary amides is 1. The number of anilines is 1. The molecule has 0 spiro atoms. The molecule has 1 aromatic heterocycles. The summed E-state index contributed by atoms with van der Waals surface area (Å²) in [6, 6.07) is -4.07. The van der Waals surface area contributed by atoms with Crippen LogP contribution in [-0.4, -0.2) is 83.1 Å². The number of carboxylic acids is 2. The molecule has 0 aliphatic rings. The van der Waals surface area contributed by atoms with Crippen molar-refractivity contribution < 1.29 is 51.9 Å². The van der Waals surface area contributed by atoms with E-state index in [1.807, 2.05) is 5.32 Å². The van der Waals surface area contributed by atoms with Crippen LogP contribution in [0, 0.1) is 0 Å². The number of amides is 2. The fourth-order valence-corrected chi connectivity index (χ4v) is 2.99. The molecule has 1 heterocycles. The van der Waals surface area contributed by atoms with Gasteiger partial charge in [0.05, 0.1) is 6.04 Å². The summed E-state index contributed by atoms with van der Waals surface area (Å²) in [5, 5.41) is 24.3. The first-order chi connectivity index (χ1) is 14.3.